The Bertz CT molecular complexity index is 1060. The van der Waals surface area contributed by atoms with Crippen molar-refractivity contribution in [3.8, 4) is 5.75 Å². The number of carbonyl (C=O) groups excluding carboxylic acids is 1. The van der Waals surface area contributed by atoms with Crippen LogP contribution in [0.15, 0.2) is 53.5 Å². The van der Waals surface area contributed by atoms with E-state index < -0.39 is 0 Å². The Labute approximate surface area is 235 Å². The van der Waals surface area contributed by atoms with Gasteiger partial charge in [0.15, 0.2) is 5.96 Å². The van der Waals surface area contributed by atoms with E-state index in [0.717, 1.165) is 31.2 Å². The largest absolute Gasteiger partial charge is 0.497 e. The normalized spacial score (nSPS) is 15.8. The lowest BCUT2D eigenvalue weighted by molar-refractivity contribution is 0.0972. The number of guanidine groups is 1. The minimum atomic E-state index is -0.249. The van der Waals surface area contributed by atoms with Crippen LogP contribution in [0.2, 0.25) is 0 Å². The van der Waals surface area contributed by atoms with Crippen molar-refractivity contribution in [3.63, 3.8) is 0 Å². The van der Waals surface area contributed by atoms with Gasteiger partial charge in [-0.3, -0.25) is 15.1 Å². The molecule has 0 saturated carbocycles. The fourth-order valence-electron chi connectivity index (χ4n) is 5.06. The summed E-state index contributed by atoms with van der Waals surface area (Å²) in [5.74, 6) is 1.19. The highest BCUT2D eigenvalue weighted by Gasteiger charge is 2.36. The standard InChI is InChI=1S/C32H49FN4O2/c1-9-18-32(6,10-2)23(5)28(20-29(34-7)24-14-16-26(33)17-15-24)36-31(35-21-22(3)4)37-30(38)25-12-11-13-27(19-25)39-8/h11-17,19,22-23,28-29,34H,9-10,18,20-21H2,1-8H3,(H2,35,36,37,38). The molecule has 0 aliphatic rings. The molecule has 39 heavy (non-hydrogen) atoms. The van der Waals surface area contributed by atoms with E-state index in [-0.39, 0.29) is 35.1 Å². The number of nitrogens with one attached hydrogen (secondary N) is 3. The van der Waals surface area contributed by atoms with Crippen molar-refractivity contribution < 1.29 is 13.9 Å². The third-order valence-corrected chi connectivity index (χ3v) is 7.94. The zero-order chi connectivity index (χ0) is 29.0. The molecule has 0 saturated heterocycles. The van der Waals surface area contributed by atoms with Crippen LogP contribution in [0.3, 0.4) is 0 Å². The molecule has 1 amide bonds. The van der Waals surface area contributed by atoms with Crippen molar-refractivity contribution >= 4 is 11.9 Å². The van der Waals surface area contributed by atoms with Crippen molar-refractivity contribution in [3.05, 3.63) is 65.5 Å². The van der Waals surface area contributed by atoms with Crippen molar-refractivity contribution in [2.45, 2.75) is 79.3 Å². The van der Waals surface area contributed by atoms with Gasteiger partial charge in [-0.2, -0.15) is 0 Å². The Kier molecular flexibility index (Phi) is 12.9. The molecule has 0 aliphatic heterocycles. The van der Waals surface area contributed by atoms with E-state index in [9.17, 15) is 9.18 Å². The Hall–Kier alpha value is -2.93. The average Bonchev–Trinajstić information content (AvgIpc) is 2.93. The van der Waals surface area contributed by atoms with Gasteiger partial charge in [0, 0.05) is 24.2 Å². The van der Waals surface area contributed by atoms with Gasteiger partial charge in [-0.05, 0) is 73.0 Å². The SMILES string of the molecule is CCCC(C)(CC)C(C)C(CC(NC)c1ccc(F)cc1)NC(=NCC(C)C)NC(=O)c1cccc(OC)c1. The molecule has 0 fully saturated rings. The van der Waals surface area contributed by atoms with Gasteiger partial charge in [0.05, 0.1) is 7.11 Å². The molecule has 7 heteroatoms. The quantitative estimate of drug-likeness (QED) is 0.183. The van der Waals surface area contributed by atoms with Gasteiger partial charge < -0.3 is 15.4 Å². The molecule has 0 radical (unpaired) electrons. The lowest BCUT2D eigenvalue weighted by Crippen LogP contribution is -2.52. The Balaban J connectivity index is 2.43. The summed E-state index contributed by atoms with van der Waals surface area (Å²) in [6.45, 7) is 13.9. The minimum absolute atomic E-state index is 0.00582. The van der Waals surface area contributed by atoms with Gasteiger partial charge in [-0.25, -0.2) is 4.39 Å². The number of methoxy groups -OCH3 is 1. The number of benzene rings is 2. The monoisotopic (exact) mass is 540 g/mol. The van der Waals surface area contributed by atoms with Crippen molar-refractivity contribution in [1.82, 2.24) is 16.0 Å². The summed E-state index contributed by atoms with van der Waals surface area (Å²) < 4.78 is 19.0. The number of amides is 1. The van der Waals surface area contributed by atoms with Gasteiger partial charge in [-0.1, -0.05) is 72.6 Å². The highest BCUT2D eigenvalue weighted by Crippen LogP contribution is 2.40. The molecule has 6 nitrogen and oxygen atoms in total. The van der Waals surface area contributed by atoms with Crippen LogP contribution < -0.4 is 20.7 Å². The maximum Gasteiger partial charge on any atom is 0.258 e. The second-order valence-electron chi connectivity index (χ2n) is 11.2. The molecule has 0 spiro atoms. The third kappa shape index (κ3) is 9.64. The van der Waals surface area contributed by atoms with Gasteiger partial charge in [0.2, 0.25) is 0 Å². The third-order valence-electron chi connectivity index (χ3n) is 7.94. The number of nitrogens with zero attached hydrogens (tertiary/aromatic N) is 1. The Morgan fingerprint density at radius 1 is 1.10 bits per heavy atom. The molecule has 2 aromatic rings. The first-order valence-electron chi connectivity index (χ1n) is 14.3. The van der Waals surface area contributed by atoms with Gasteiger partial charge >= 0.3 is 0 Å². The van der Waals surface area contributed by atoms with E-state index in [1.54, 1.807) is 25.3 Å². The maximum atomic E-state index is 13.7. The summed E-state index contributed by atoms with van der Waals surface area (Å²) in [4.78, 5) is 18.1. The molecule has 4 atom stereocenters. The Morgan fingerprint density at radius 2 is 1.79 bits per heavy atom. The van der Waals surface area contributed by atoms with Crippen LogP contribution in [-0.2, 0) is 0 Å². The van der Waals surface area contributed by atoms with E-state index >= 15 is 0 Å². The lowest BCUT2D eigenvalue weighted by atomic mass is 9.68. The number of hydrogen-bond donors (Lipinski definition) is 3. The zero-order valence-electron chi connectivity index (χ0n) is 25.1. The lowest BCUT2D eigenvalue weighted by Gasteiger charge is -2.41. The predicted octanol–water partition coefficient (Wildman–Crippen LogP) is 6.74. The number of hydrogen-bond acceptors (Lipinski definition) is 4. The number of rotatable bonds is 14. The first kappa shape index (κ1) is 32.3. The summed E-state index contributed by atoms with van der Waals surface area (Å²) in [5, 5.41) is 10.1. The van der Waals surface area contributed by atoms with E-state index in [2.05, 4.69) is 57.5 Å². The summed E-state index contributed by atoms with van der Waals surface area (Å²) in [6.07, 6.45) is 3.96. The second-order valence-corrected chi connectivity index (χ2v) is 11.2. The summed E-state index contributed by atoms with van der Waals surface area (Å²) in [5.41, 5.74) is 1.61. The fourth-order valence-corrected chi connectivity index (χ4v) is 5.06. The topological polar surface area (TPSA) is 74.8 Å². The van der Waals surface area contributed by atoms with Crippen LogP contribution in [0.4, 0.5) is 4.39 Å². The molecule has 2 rings (SSSR count). The van der Waals surface area contributed by atoms with Crippen molar-refractivity contribution in [1.29, 1.82) is 0 Å². The maximum absolute atomic E-state index is 13.7. The molecule has 0 bridgehead atoms. The molecule has 0 aromatic heterocycles. The molecular formula is C32H49FN4O2. The molecule has 216 valence electrons. The number of ether oxygens (including phenoxy) is 1. The number of carbonyl (C=O) groups is 1. The summed E-state index contributed by atoms with van der Waals surface area (Å²) in [6, 6.07) is 13.8. The highest BCUT2D eigenvalue weighted by atomic mass is 19.1. The smallest absolute Gasteiger partial charge is 0.258 e. The van der Waals surface area contributed by atoms with Crippen LogP contribution >= 0.6 is 0 Å². The van der Waals surface area contributed by atoms with Gasteiger partial charge in [0.1, 0.15) is 11.6 Å². The highest BCUT2D eigenvalue weighted by molar-refractivity contribution is 6.06. The van der Waals surface area contributed by atoms with Crippen molar-refractivity contribution in [2.24, 2.45) is 22.2 Å². The molecule has 4 unspecified atom stereocenters. The van der Waals surface area contributed by atoms with Crippen LogP contribution in [-0.4, -0.2) is 38.6 Å². The number of halogens is 1. The zero-order valence-corrected chi connectivity index (χ0v) is 25.1. The predicted molar refractivity (Wildman–Crippen MR) is 160 cm³/mol. The fraction of sp³-hybridized carbons (Fsp3) is 0.562. The molecule has 0 aliphatic carbocycles. The van der Waals surface area contributed by atoms with Crippen LogP contribution in [0.1, 0.15) is 89.2 Å². The van der Waals surface area contributed by atoms with E-state index in [1.807, 2.05) is 25.2 Å². The van der Waals surface area contributed by atoms with Gasteiger partial charge in [-0.15, -0.1) is 0 Å². The van der Waals surface area contributed by atoms with Gasteiger partial charge in [0.25, 0.3) is 5.91 Å². The molecule has 3 N–H and O–H groups in total. The second kappa shape index (κ2) is 15.6. The summed E-state index contributed by atoms with van der Waals surface area (Å²) in [7, 11) is 3.51. The van der Waals surface area contributed by atoms with E-state index in [0.29, 0.717) is 29.7 Å². The average molecular weight is 541 g/mol. The van der Waals surface area contributed by atoms with E-state index in [1.165, 1.54) is 12.1 Å². The van der Waals surface area contributed by atoms with E-state index in [4.69, 9.17) is 9.73 Å². The van der Waals surface area contributed by atoms with Crippen molar-refractivity contribution in [2.75, 3.05) is 20.7 Å². The van der Waals surface area contributed by atoms with Crippen LogP contribution in [0.25, 0.3) is 0 Å². The molecule has 2 aromatic carbocycles. The summed E-state index contributed by atoms with van der Waals surface area (Å²) >= 11 is 0. The minimum Gasteiger partial charge on any atom is -0.497 e. The number of aliphatic imine (C=N–C) groups is 1. The Morgan fingerprint density at radius 3 is 2.36 bits per heavy atom. The first-order chi connectivity index (χ1) is 18.6. The molecule has 0 heterocycles. The van der Waals surface area contributed by atoms with Crippen LogP contribution in [0, 0.1) is 23.1 Å². The van der Waals surface area contributed by atoms with Crippen LogP contribution in [0.5, 0.6) is 5.75 Å². The first-order valence-corrected chi connectivity index (χ1v) is 14.3. The molecular weight excluding hydrogens is 491 g/mol.